The molecule has 3 aromatic heterocycles. The molecule has 0 spiro atoms. The number of aromatic nitrogens is 5. The number of nitrogens with zero attached hydrogens (tertiary/aromatic N) is 7. The van der Waals surface area contributed by atoms with Gasteiger partial charge in [0, 0.05) is 32.4 Å². The fraction of sp³-hybridized carbons (Fsp3) is 0.300. The van der Waals surface area contributed by atoms with Gasteiger partial charge in [-0.1, -0.05) is 6.07 Å². The Morgan fingerprint density at radius 3 is 2.57 bits per heavy atom. The fourth-order valence-electron chi connectivity index (χ4n) is 3.04. The molecule has 154 valence electrons. The lowest BCUT2D eigenvalue weighted by Crippen LogP contribution is -2.50. The fourth-order valence-corrected chi connectivity index (χ4v) is 3.04. The van der Waals surface area contributed by atoms with E-state index in [-0.39, 0.29) is 18.3 Å². The lowest BCUT2D eigenvalue weighted by Gasteiger charge is -2.31. The highest BCUT2D eigenvalue weighted by Crippen LogP contribution is 2.21. The van der Waals surface area contributed by atoms with E-state index < -0.39 is 5.91 Å². The highest BCUT2D eigenvalue weighted by molar-refractivity contribution is 5.94. The Balaban J connectivity index is 1.74. The van der Waals surface area contributed by atoms with Crippen molar-refractivity contribution in [2.75, 3.05) is 33.8 Å². The molecule has 0 saturated carbocycles. The van der Waals surface area contributed by atoms with Crippen molar-refractivity contribution in [2.24, 2.45) is 0 Å². The normalized spacial score (nSPS) is 14.2. The number of carbonyl (C=O) groups is 2. The SMILES string of the molecule is COc1ccc(-n2nc(C(=O)N3CCN(C)C(=O)C3)nc2-c2ccc(C)cn2)cn1. The molecular formula is C20H21N7O3. The van der Waals surface area contributed by atoms with Crippen LogP contribution in [0.1, 0.15) is 16.2 Å². The maximum absolute atomic E-state index is 13.0. The zero-order valence-electron chi connectivity index (χ0n) is 16.9. The molecule has 10 heteroatoms. The lowest BCUT2D eigenvalue weighted by molar-refractivity contribution is -0.133. The van der Waals surface area contributed by atoms with Gasteiger partial charge in [-0.15, -0.1) is 5.10 Å². The van der Waals surface area contributed by atoms with Crippen LogP contribution in [-0.2, 0) is 4.79 Å². The highest BCUT2D eigenvalue weighted by Gasteiger charge is 2.29. The third-order valence-corrected chi connectivity index (χ3v) is 4.86. The van der Waals surface area contributed by atoms with Crippen molar-refractivity contribution in [1.82, 2.24) is 34.5 Å². The Labute approximate surface area is 173 Å². The molecule has 30 heavy (non-hydrogen) atoms. The van der Waals surface area contributed by atoms with Crippen LogP contribution in [-0.4, -0.2) is 80.1 Å². The van der Waals surface area contributed by atoms with Crippen molar-refractivity contribution in [3.8, 4) is 23.1 Å². The van der Waals surface area contributed by atoms with Gasteiger partial charge < -0.3 is 14.5 Å². The van der Waals surface area contributed by atoms with E-state index in [1.54, 1.807) is 36.5 Å². The third-order valence-electron chi connectivity index (χ3n) is 4.86. The predicted octanol–water partition coefficient (Wildman–Crippen LogP) is 0.956. The number of hydrogen-bond donors (Lipinski definition) is 0. The van der Waals surface area contributed by atoms with Crippen LogP contribution in [0.2, 0.25) is 0 Å². The summed E-state index contributed by atoms with van der Waals surface area (Å²) in [6.07, 6.45) is 3.31. The van der Waals surface area contributed by atoms with Gasteiger partial charge >= 0.3 is 0 Å². The van der Waals surface area contributed by atoms with Crippen molar-refractivity contribution in [3.63, 3.8) is 0 Å². The van der Waals surface area contributed by atoms with Crippen molar-refractivity contribution >= 4 is 11.8 Å². The van der Waals surface area contributed by atoms with Crippen LogP contribution in [0.5, 0.6) is 5.88 Å². The minimum absolute atomic E-state index is 0.000506. The first-order valence-corrected chi connectivity index (χ1v) is 9.40. The zero-order chi connectivity index (χ0) is 21.3. The molecule has 4 rings (SSSR count). The van der Waals surface area contributed by atoms with E-state index >= 15 is 0 Å². The summed E-state index contributed by atoms with van der Waals surface area (Å²) in [6, 6.07) is 7.20. The monoisotopic (exact) mass is 407 g/mol. The van der Waals surface area contributed by atoms with Crippen LogP contribution in [0.25, 0.3) is 17.2 Å². The van der Waals surface area contributed by atoms with Crippen LogP contribution in [0.3, 0.4) is 0 Å². The Morgan fingerprint density at radius 2 is 1.93 bits per heavy atom. The summed E-state index contributed by atoms with van der Waals surface area (Å²) in [6.45, 7) is 2.85. The molecule has 10 nitrogen and oxygen atoms in total. The van der Waals surface area contributed by atoms with E-state index in [0.717, 1.165) is 5.56 Å². The summed E-state index contributed by atoms with van der Waals surface area (Å²) in [5, 5.41) is 4.42. The Bertz CT molecular complexity index is 1080. The quantitative estimate of drug-likeness (QED) is 0.634. The second-order valence-electron chi connectivity index (χ2n) is 6.99. The predicted molar refractivity (Wildman–Crippen MR) is 107 cm³/mol. The van der Waals surface area contributed by atoms with Gasteiger partial charge in [-0.05, 0) is 24.6 Å². The average molecular weight is 407 g/mol. The average Bonchev–Trinajstić information content (AvgIpc) is 3.21. The van der Waals surface area contributed by atoms with Crippen LogP contribution in [0, 0.1) is 6.92 Å². The van der Waals surface area contributed by atoms with E-state index in [2.05, 4.69) is 20.1 Å². The van der Waals surface area contributed by atoms with Crippen molar-refractivity contribution < 1.29 is 14.3 Å². The molecule has 0 aliphatic carbocycles. The maximum atomic E-state index is 13.0. The number of methoxy groups -OCH3 is 1. The first-order chi connectivity index (χ1) is 14.5. The highest BCUT2D eigenvalue weighted by atomic mass is 16.5. The van der Waals surface area contributed by atoms with Gasteiger partial charge in [0.15, 0.2) is 5.82 Å². The van der Waals surface area contributed by atoms with E-state index in [0.29, 0.717) is 36.2 Å². The molecule has 1 fully saturated rings. The van der Waals surface area contributed by atoms with Crippen LogP contribution >= 0.6 is 0 Å². The molecule has 1 aliphatic rings. The van der Waals surface area contributed by atoms with Gasteiger partial charge in [0.05, 0.1) is 19.0 Å². The number of rotatable bonds is 4. The van der Waals surface area contributed by atoms with Gasteiger partial charge in [-0.25, -0.2) is 14.6 Å². The molecule has 0 unspecified atom stereocenters. The number of aryl methyl sites for hydroxylation is 1. The van der Waals surface area contributed by atoms with E-state index in [9.17, 15) is 9.59 Å². The molecule has 1 aliphatic heterocycles. The maximum Gasteiger partial charge on any atom is 0.294 e. The zero-order valence-corrected chi connectivity index (χ0v) is 16.9. The van der Waals surface area contributed by atoms with Crippen LogP contribution < -0.4 is 4.74 Å². The smallest absolute Gasteiger partial charge is 0.294 e. The Kier molecular flexibility index (Phi) is 5.13. The van der Waals surface area contributed by atoms with E-state index in [1.165, 1.54) is 16.7 Å². The number of pyridine rings is 2. The summed E-state index contributed by atoms with van der Waals surface area (Å²) in [7, 11) is 3.25. The molecule has 0 N–H and O–H groups in total. The summed E-state index contributed by atoms with van der Waals surface area (Å²) in [4.78, 5) is 41.1. The number of amides is 2. The number of hydrogen-bond acceptors (Lipinski definition) is 7. The summed E-state index contributed by atoms with van der Waals surface area (Å²) < 4.78 is 6.63. The minimum Gasteiger partial charge on any atom is -0.481 e. The first-order valence-electron chi connectivity index (χ1n) is 9.40. The van der Waals surface area contributed by atoms with Crippen LogP contribution in [0.15, 0.2) is 36.7 Å². The second-order valence-corrected chi connectivity index (χ2v) is 6.99. The second kappa shape index (κ2) is 7.90. The topological polar surface area (TPSA) is 106 Å². The molecule has 0 radical (unpaired) electrons. The third kappa shape index (κ3) is 3.71. The molecule has 3 aromatic rings. The number of carbonyl (C=O) groups excluding carboxylic acids is 2. The molecule has 1 saturated heterocycles. The van der Waals surface area contributed by atoms with Crippen molar-refractivity contribution in [1.29, 1.82) is 0 Å². The number of piperazine rings is 1. The molecule has 4 heterocycles. The van der Waals surface area contributed by atoms with E-state index in [1.807, 2.05) is 19.1 Å². The van der Waals surface area contributed by atoms with Gasteiger partial charge in [0.1, 0.15) is 12.2 Å². The summed E-state index contributed by atoms with van der Waals surface area (Å²) in [5.41, 5.74) is 2.18. The number of likely N-dealkylation sites (N-methyl/N-ethyl adjacent to an activating group) is 1. The number of ether oxygens (including phenoxy) is 1. The minimum atomic E-state index is -0.398. The summed E-state index contributed by atoms with van der Waals surface area (Å²) in [5.74, 6) is 0.353. The van der Waals surface area contributed by atoms with Gasteiger partial charge in [-0.3, -0.25) is 14.6 Å². The molecule has 0 aromatic carbocycles. The molecule has 0 atom stereocenters. The van der Waals surface area contributed by atoms with Gasteiger partial charge in [-0.2, -0.15) is 0 Å². The lowest BCUT2D eigenvalue weighted by atomic mass is 10.2. The van der Waals surface area contributed by atoms with E-state index in [4.69, 9.17) is 4.74 Å². The Hall–Kier alpha value is -3.82. The van der Waals surface area contributed by atoms with Crippen LogP contribution in [0.4, 0.5) is 0 Å². The first kappa shape index (κ1) is 19.5. The van der Waals surface area contributed by atoms with Crippen molar-refractivity contribution in [3.05, 3.63) is 48.0 Å². The van der Waals surface area contributed by atoms with Crippen molar-refractivity contribution in [2.45, 2.75) is 6.92 Å². The largest absolute Gasteiger partial charge is 0.481 e. The van der Waals surface area contributed by atoms with Gasteiger partial charge in [0.2, 0.25) is 17.6 Å². The Morgan fingerprint density at radius 1 is 1.10 bits per heavy atom. The molecular weight excluding hydrogens is 386 g/mol. The standard InChI is InChI=1S/C20H21N7O3/c1-13-4-6-15(21-10-13)19-23-18(20(29)26-9-8-25(2)17(28)12-26)24-27(19)14-5-7-16(30-3)22-11-14/h4-7,10-11H,8-9,12H2,1-3H3. The van der Waals surface area contributed by atoms with Gasteiger partial charge in [0.25, 0.3) is 5.91 Å². The summed E-state index contributed by atoms with van der Waals surface area (Å²) >= 11 is 0. The molecule has 0 bridgehead atoms. The molecule has 2 amide bonds.